The zero-order valence-corrected chi connectivity index (χ0v) is 10.8. The van der Waals surface area contributed by atoms with Crippen molar-refractivity contribution in [2.45, 2.75) is 25.8 Å². The van der Waals surface area contributed by atoms with E-state index in [1.165, 1.54) is 26.2 Å². The van der Waals surface area contributed by atoms with Crippen molar-refractivity contribution < 1.29 is 5.11 Å². The second-order valence-electron chi connectivity index (χ2n) is 4.77. The van der Waals surface area contributed by atoms with Crippen LogP contribution in [0.15, 0.2) is 0 Å². The highest BCUT2D eigenvalue weighted by molar-refractivity contribution is 4.73. The fourth-order valence-electron chi connectivity index (χ4n) is 2.02. The Morgan fingerprint density at radius 3 is 2.50 bits per heavy atom. The first kappa shape index (κ1) is 13.9. The highest BCUT2D eigenvalue weighted by Crippen LogP contribution is 2.02. The third-order valence-corrected chi connectivity index (χ3v) is 3.29. The molecule has 0 aromatic rings. The average molecular weight is 229 g/mol. The van der Waals surface area contributed by atoms with Crippen molar-refractivity contribution in [3.63, 3.8) is 0 Å². The maximum atomic E-state index is 9.23. The van der Waals surface area contributed by atoms with Crippen molar-refractivity contribution in [1.82, 2.24) is 15.1 Å². The maximum Gasteiger partial charge on any atom is 0.0585 e. The fourth-order valence-corrected chi connectivity index (χ4v) is 2.02. The summed E-state index contributed by atoms with van der Waals surface area (Å²) in [6.07, 6.45) is 2.19. The first-order chi connectivity index (χ1) is 7.76. The van der Waals surface area contributed by atoms with Crippen molar-refractivity contribution in [3.05, 3.63) is 0 Å². The van der Waals surface area contributed by atoms with Crippen molar-refractivity contribution in [2.75, 3.05) is 52.9 Å². The molecule has 1 rings (SSSR count). The molecular weight excluding hydrogens is 202 g/mol. The molecule has 0 aromatic heterocycles. The van der Waals surface area contributed by atoms with Gasteiger partial charge in [0.25, 0.3) is 0 Å². The van der Waals surface area contributed by atoms with Crippen molar-refractivity contribution in [2.24, 2.45) is 0 Å². The molecule has 1 aliphatic rings. The number of piperazine rings is 1. The zero-order valence-electron chi connectivity index (χ0n) is 10.8. The van der Waals surface area contributed by atoms with Crippen LogP contribution < -0.4 is 5.32 Å². The monoisotopic (exact) mass is 229 g/mol. The van der Waals surface area contributed by atoms with Crippen molar-refractivity contribution in [1.29, 1.82) is 0 Å². The van der Waals surface area contributed by atoms with E-state index in [4.69, 9.17) is 0 Å². The molecule has 1 fully saturated rings. The molecular formula is C12H27N3O. The summed E-state index contributed by atoms with van der Waals surface area (Å²) in [4.78, 5) is 4.87. The third kappa shape index (κ3) is 5.25. The topological polar surface area (TPSA) is 38.7 Å². The zero-order chi connectivity index (χ0) is 11.8. The van der Waals surface area contributed by atoms with E-state index < -0.39 is 0 Å². The van der Waals surface area contributed by atoms with Crippen LogP contribution in [0.3, 0.4) is 0 Å². The van der Waals surface area contributed by atoms with Crippen LogP contribution in [-0.2, 0) is 0 Å². The van der Waals surface area contributed by atoms with E-state index in [9.17, 15) is 5.11 Å². The Morgan fingerprint density at radius 2 is 1.94 bits per heavy atom. The molecule has 1 atom stereocenters. The lowest BCUT2D eigenvalue weighted by atomic mass is 10.2. The fraction of sp³-hybridized carbons (Fsp3) is 1.00. The Hall–Kier alpha value is -0.160. The molecule has 1 saturated heterocycles. The number of likely N-dealkylation sites (N-methyl/N-ethyl adjacent to an activating group) is 1. The second kappa shape index (κ2) is 8.01. The Kier molecular flexibility index (Phi) is 6.96. The van der Waals surface area contributed by atoms with Crippen LogP contribution in [0, 0.1) is 0 Å². The number of nitrogens with one attached hydrogen (secondary N) is 1. The van der Waals surface area contributed by atoms with E-state index in [0.717, 1.165) is 25.9 Å². The molecule has 2 N–H and O–H groups in total. The number of nitrogens with zero attached hydrogens (tertiary/aromatic N) is 2. The standard InChI is InChI=1S/C12H27N3O/c1-3-5-13-12(11-16)4-6-15-9-7-14(2)8-10-15/h12-13,16H,3-11H2,1-2H3. The van der Waals surface area contributed by atoms with Gasteiger partial charge >= 0.3 is 0 Å². The maximum absolute atomic E-state index is 9.23. The summed E-state index contributed by atoms with van der Waals surface area (Å²) in [7, 11) is 2.18. The number of aliphatic hydroxyl groups excluding tert-OH is 1. The van der Waals surface area contributed by atoms with Gasteiger partial charge in [-0.15, -0.1) is 0 Å². The van der Waals surface area contributed by atoms with E-state index in [1.54, 1.807) is 0 Å². The highest BCUT2D eigenvalue weighted by Gasteiger charge is 2.15. The summed E-state index contributed by atoms with van der Waals surface area (Å²) in [6, 6.07) is 0.277. The lowest BCUT2D eigenvalue weighted by Gasteiger charge is -2.33. The molecule has 4 heteroatoms. The van der Waals surface area contributed by atoms with Crippen LogP contribution in [0.4, 0.5) is 0 Å². The van der Waals surface area contributed by atoms with Gasteiger partial charge in [0.15, 0.2) is 0 Å². The van der Waals surface area contributed by atoms with Crippen LogP contribution in [0.1, 0.15) is 19.8 Å². The number of hydrogen-bond acceptors (Lipinski definition) is 4. The Balaban J connectivity index is 2.11. The van der Waals surface area contributed by atoms with Gasteiger partial charge < -0.3 is 20.2 Å². The largest absolute Gasteiger partial charge is 0.395 e. The molecule has 0 saturated carbocycles. The van der Waals surface area contributed by atoms with Gasteiger partial charge in [-0.2, -0.15) is 0 Å². The molecule has 0 amide bonds. The molecule has 0 spiro atoms. The lowest BCUT2D eigenvalue weighted by Crippen LogP contribution is -2.46. The Morgan fingerprint density at radius 1 is 1.25 bits per heavy atom. The summed E-state index contributed by atoms with van der Waals surface area (Å²) >= 11 is 0. The first-order valence-corrected chi connectivity index (χ1v) is 6.51. The first-order valence-electron chi connectivity index (χ1n) is 6.51. The molecule has 96 valence electrons. The molecule has 16 heavy (non-hydrogen) atoms. The molecule has 0 aromatic carbocycles. The molecule has 0 aliphatic carbocycles. The van der Waals surface area contributed by atoms with Crippen LogP contribution in [0.5, 0.6) is 0 Å². The number of rotatable bonds is 7. The van der Waals surface area contributed by atoms with Gasteiger partial charge in [-0.25, -0.2) is 0 Å². The minimum atomic E-state index is 0.258. The normalized spacial score (nSPS) is 21.2. The lowest BCUT2D eigenvalue weighted by molar-refractivity contribution is 0.141. The quantitative estimate of drug-likeness (QED) is 0.644. The molecule has 0 radical (unpaired) electrons. The molecule has 0 bridgehead atoms. The highest BCUT2D eigenvalue weighted by atomic mass is 16.3. The van der Waals surface area contributed by atoms with E-state index >= 15 is 0 Å². The second-order valence-corrected chi connectivity index (χ2v) is 4.77. The third-order valence-electron chi connectivity index (χ3n) is 3.29. The smallest absolute Gasteiger partial charge is 0.0585 e. The summed E-state index contributed by atoms with van der Waals surface area (Å²) in [5.74, 6) is 0. The molecule has 1 aliphatic heterocycles. The van der Waals surface area contributed by atoms with E-state index in [0.29, 0.717) is 0 Å². The summed E-state index contributed by atoms with van der Waals surface area (Å²) in [5.41, 5.74) is 0. The van der Waals surface area contributed by atoms with Crippen molar-refractivity contribution in [3.8, 4) is 0 Å². The van der Waals surface area contributed by atoms with E-state index in [1.807, 2.05) is 0 Å². The van der Waals surface area contributed by atoms with Gasteiger partial charge in [-0.1, -0.05) is 6.92 Å². The predicted octanol–water partition coefficient (Wildman–Crippen LogP) is -0.0156. The van der Waals surface area contributed by atoms with Crippen molar-refractivity contribution >= 4 is 0 Å². The molecule has 1 unspecified atom stereocenters. The van der Waals surface area contributed by atoms with Crippen LogP contribution in [-0.4, -0.2) is 73.9 Å². The van der Waals surface area contributed by atoms with E-state index in [-0.39, 0.29) is 12.6 Å². The Bertz CT molecular complexity index is 165. The average Bonchev–Trinajstić information content (AvgIpc) is 2.32. The number of aliphatic hydroxyl groups is 1. The minimum Gasteiger partial charge on any atom is -0.395 e. The summed E-state index contributed by atoms with van der Waals surface area (Å²) in [5, 5.41) is 12.6. The van der Waals surface area contributed by atoms with E-state index in [2.05, 4.69) is 29.1 Å². The summed E-state index contributed by atoms with van der Waals surface area (Å²) in [6.45, 7) is 9.21. The molecule has 1 heterocycles. The van der Waals surface area contributed by atoms with Crippen LogP contribution in [0.25, 0.3) is 0 Å². The number of hydrogen-bond donors (Lipinski definition) is 2. The predicted molar refractivity (Wildman–Crippen MR) is 67.7 cm³/mol. The summed E-state index contributed by atoms with van der Waals surface area (Å²) < 4.78 is 0. The van der Waals surface area contributed by atoms with Gasteiger partial charge in [-0.05, 0) is 33.0 Å². The Labute approximate surface area is 99.6 Å². The minimum absolute atomic E-state index is 0.258. The van der Waals surface area contributed by atoms with Gasteiger partial charge in [0, 0.05) is 32.2 Å². The SMILES string of the molecule is CCCNC(CO)CCN1CCN(C)CC1. The van der Waals surface area contributed by atoms with Gasteiger partial charge in [-0.3, -0.25) is 0 Å². The van der Waals surface area contributed by atoms with Crippen LogP contribution in [0.2, 0.25) is 0 Å². The molecule has 4 nitrogen and oxygen atoms in total. The van der Waals surface area contributed by atoms with Crippen LogP contribution >= 0.6 is 0 Å². The van der Waals surface area contributed by atoms with Gasteiger partial charge in [0.2, 0.25) is 0 Å². The van der Waals surface area contributed by atoms with Gasteiger partial charge in [0.1, 0.15) is 0 Å². The van der Waals surface area contributed by atoms with Gasteiger partial charge in [0.05, 0.1) is 6.61 Å².